The van der Waals surface area contributed by atoms with Gasteiger partial charge in [0, 0.05) is 85.8 Å². The molecule has 2 aromatic heterocycles. The molecule has 3 amide bonds. The maximum atomic E-state index is 14.6. The van der Waals surface area contributed by atoms with Crippen LogP contribution < -0.4 is 10.7 Å². The van der Waals surface area contributed by atoms with Crippen molar-refractivity contribution in [2.45, 2.75) is 111 Å². The summed E-state index contributed by atoms with van der Waals surface area (Å²) in [5, 5.41) is 17.8. The van der Waals surface area contributed by atoms with Gasteiger partial charge in [-0.25, -0.2) is 13.8 Å². The van der Waals surface area contributed by atoms with Crippen LogP contribution in [0.1, 0.15) is 90.7 Å². The lowest BCUT2D eigenvalue weighted by Crippen LogP contribution is -2.63. The van der Waals surface area contributed by atoms with Crippen LogP contribution >= 0.6 is 0 Å². The van der Waals surface area contributed by atoms with Crippen LogP contribution in [-0.4, -0.2) is 120 Å². The van der Waals surface area contributed by atoms with Crippen molar-refractivity contribution in [1.82, 2.24) is 34.5 Å². The van der Waals surface area contributed by atoms with Gasteiger partial charge in [0.15, 0.2) is 0 Å². The van der Waals surface area contributed by atoms with E-state index < -0.39 is 38.8 Å². The van der Waals surface area contributed by atoms with Crippen molar-refractivity contribution in [2.75, 3.05) is 39.9 Å². The molecule has 2 aromatic carbocycles. The number of aryl methyl sites for hydroxylation is 1. The average Bonchev–Trinajstić information content (AvgIpc) is 3.79. The third-order valence-electron chi connectivity index (χ3n) is 13.9. The highest BCUT2D eigenvalue weighted by Gasteiger charge is 2.59. The highest BCUT2D eigenvalue weighted by atomic mass is 32.2. The number of amides is 3. The number of phenols is 1. The molecule has 3 N–H and O–H groups in total. The Morgan fingerprint density at radius 3 is 2.51 bits per heavy atom. The summed E-state index contributed by atoms with van der Waals surface area (Å²) in [6.45, 7) is 19.4. The summed E-state index contributed by atoms with van der Waals surface area (Å²) in [6, 6.07) is 13.4. The van der Waals surface area contributed by atoms with Gasteiger partial charge in [-0.15, -0.1) is 0 Å². The van der Waals surface area contributed by atoms with Crippen LogP contribution in [0, 0.1) is 16.7 Å². The van der Waals surface area contributed by atoms with E-state index in [2.05, 4.69) is 60.9 Å². The predicted molar refractivity (Wildman–Crippen MR) is 260 cm³/mol. The van der Waals surface area contributed by atoms with E-state index in [-0.39, 0.29) is 68.3 Å². The second-order valence-corrected chi connectivity index (χ2v) is 21.8. The Morgan fingerprint density at radius 1 is 1.10 bits per heavy atom. The number of aromatic hydroxyl groups is 1. The number of hydrogen-bond acceptors (Lipinski definition) is 11. The van der Waals surface area contributed by atoms with E-state index in [0.717, 1.165) is 57.2 Å². The number of sulfonamides is 1. The molecule has 3 aliphatic heterocycles. The fraction of sp³-hybridized carbons (Fsp3) is 0.510. The molecule has 5 heterocycles. The maximum Gasteiger partial charge on any atom is 0.293 e. The van der Waals surface area contributed by atoms with Crippen LogP contribution in [0.15, 0.2) is 66.7 Å². The predicted octanol–water partition coefficient (Wildman–Crippen LogP) is 6.12. The number of nitrogens with one attached hydrogen (secondary N) is 2. The molecule has 17 heteroatoms. The minimum Gasteiger partial charge on any atom is -0.508 e. The first kappa shape index (κ1) is 50.3. The van der Waals surface area contributed by atoms with Gasteiger partial charge >= 0.3 is 0 Å². The number of carbonyl (C=O) groups is 4. The van der Waals surface area contributed by atoms with Crippen LogP contribution in [0.3, 0.4) is 0 Å². The Balaban J connectivity index is 1.25. The number of pyridine rings is 1. The zero-order valence-electron chi connectivity index (χ0n) is 40.6. The molecular formula is C51H67N7O9S. The molecule has 0 saturated carbocycles. The monoisotopic (exact) mass is 953 g/mol. The summed E-state index contributed by atoms with van der Waals surface area (Å²) in [5.74, 6) is -1.47. The lowest BCUT2D eigenvalue weighted by Gasteiger charge is -2.45. The Bertz CT molecular complexity index is 2670. The van der Waals surface area contributed by atoms with Crippen LogP contribution in [0.5, 0.6) is 5.75 Å². The van der Waals surface area contributed by atoms with E-state index in [9.17, 15) is 32.7 Å². The summed E-state index contributed by atoms with van der Waals surface area (Å²) in [5.41, 5.74) is 8.75. The number of fused-ring (bicyclic) bond motifs is 1. The van der Waals surface area contributed by atoms with Crippen LogP contribution in [0.4, 0.5) is 0 Å². The van der Waals surface area contributed by atoms with Crippen LogP contribution in [0.25, 0.3) is 33.3 Å². The fourth-order valence-corrected chi connectivity index (χ4v) is 11.4. The highest BCUT2D eigenvalue weighted by molar-refractivity contribution is 7.92. The summed E-state index contributed by atoms with van der Waals surface area (Å²) in [4.78, 5) is 60.8. The number of aromatic nitrogens is 2. The van der Waals surface area contributed by atoms with Crippen molar-refractivity contribution in [3.8, 4) is 28.1 Å². The van der Waals surface area contributed by atoms with Gasteiger partial charge in [0.05, 0.1) is 29.5 Å². The molecule has 3 fully saturated rings. The quantitative estimate of drug-likeness (QED) is 0.0918. The molecule has 3 unspecified atom stereocenters. The number of methoxy groups -OCH3 is 1. The fourth-order valence-electron chi connectivity index (χ4n) is 10.4. The van der Waals surface area contributed by atoms with Crippen molar-refractivity contribution in [3.63, 3.8) is 0 Å². The number of phenolic OH excluding ortho intramolecular Hbond substituents is 1. The van der Waals surface area contributed by atoms with Gasteiger partial charge in [-0.05, 0) is 111 Å². The van der Waals surface area contributed by atoms with Gasteiger partial charge < -0.3 is 29.4 Å². The molecule has 7 rings (SSSR count). The minimum absolute atomic E-state index is 0.0198. The molecule has 3 aliphatic rings. The molecule has 1 spiro atoms. The topological polar surface area (TPSA) is 193 Å². The van der Waals surface area contributed by atoms with E-state index >= 15 is 0 Å². The second kappa shape index (κ2) is 20.2. The third kappa shape index (κ3) is 10.1. The first-order chi connectivity index (χ1) is 32.3. The number of hydrazine groups is 1. The Labute approximate surface area is 400 Å². The van der Waals surface area contributed by atoms with E-state index in [4.69, 9.17) is 14.5 Å². The van der Waals surface area contributed by atoms with Gasteiger partial charge in [-0.3, -0.25) is 29.2 Å². The second-order valence-electron chi connectivity index (χ2n) is 19.9. The van der Waals surface area contributed by atoms with Crippen LogP contribution in [-0.2, 0) is 58.1 Å². The lowest BCUT2D eigenvalue weighted by atomic mass is 9.80. The minimum atomic E-state index is -3.69. The number of benzene rings is 2. The Hall–Kier alpha value is -5.62. The maximum absolute atomic E-state index is 14.6. The van der Waals surface area contributed by atoms with Crippen LogP contribution in [0.2, 0.25) is 0 Å². The number of hydrogen-bond donors (Lipinski definition) is 3. The van der Waals surface area contributed by atoms with Crippen molar-refractivity contribution in [3.05, 3.63) is 83.5 Å². The number of nitrogens with zero attached hydrogens (tertiary/aromatic N) is 5. The standard InChI is InChI=1S/C51H67N7O9S/c1-10-56-43-17-16-36(26-40(43)41(27-50(7,8)30-67-31-59)46(56)39-15-12-19-52-44(39)34(6)66-9)37-22-35(23-38(60)25-37)24-42(48(62)58-20-13-14-33(5)54-58)53-47(61)45(32(3)4)57-21-18-51(49(57)63)28-55(29-51)68(64,65)11-2/h11-12,15-17,19,22-23,25-26,31-34,42,45,54,60H,2,10,13-14,18,20-21,24,27-30H2,1,3-9H3,(H,53,61)/t33-,34?,42?,45?/m1/s1. The van der Waals surface area contributed by atoms with Gasteiger partial charge in [-0.1, -0.05) is 46.4 Å². The molecule has 0 bridgehead atoms. The third-order valence-corrected chi connectivity index (χ3v) is 15.3. The smallest absolute Gasteiger partial charge is 0.293 e. The molecular weight excluding hydrogens is 887 g/mol. The molecule has 4 aromatic rings. The molecule has 16 nitrogen and oxygen atoms in total. The Morgan fingerprint density at radius 2 is 1.85 bits per heavy atom. The van der Waals surface area contributed by atoms with E-state index in [1.807, 2.05) is 45.9 Å². The summed E-state index contributed by atoms with van der Waals surface area (Å²) < 4.78 is 39.5. The first-order valence-corrected chi connectivity index (χ1v) is 25.1. The van der Waals surface area contributed by atoms with Gasteiger partial charge in [0.25, 0.3) is 12.4 Å². The zero-order valence-corrected chi connectivity index (χ0v) is 41.4. The number of likely N-dealkylation sites (tertiary alicyclic amines) is 1. The van der Waals surface area contributed by atoms with Crippen molar-refractivity contribution >= 4 is 45.1 Å². The summed E-state index contributed by atoms with van der Waals surface area (Å²) in [6.07, 6.45) is 4.11. The average molecular weight is 954 g/mol. The molecule has 0 radical (unpaired) electrons. The molecule has 3 saturated heterocycles. The normalized spacial score (nSPS) is 19.0. The van der Waals surface area contributed by atoms with Crippen molar-refractivity contribution in [2.24, 2.45) is 16.7 Å². The van der Waals surface area contributed by atoms with Crippen molar-refractivity contribution < 1.29 is 42.2 Å². The number of rotatable bonds is 19. The van der Waals surface area contributed by atoms with E-state index in [1.54, 1.807) is 35.3 Å². The van der Waals surface area contributed by atoms with Gasteiger partial charge in [0.1, 0.15) is 17.8 Å². The van der Waals surface area contributed by atoms with E-state index in [0.29, 0.717) is 43.5 Å². The zero-order chi connectivity index (χ0) is 49.3. The lowest BCUT2D eigenvalue weighted by molar-refractivity contribution is -0.149. The van der Waals surface area contributed by atoms with Gasteiger partial charge in [-0.2, -0.15) is 4.31 Å². The van der Waals surface area contributed by atoms with Crippen molar-refractivity contribution in [1.29, 1.82) is 0 Å². The van der Waals surface area contributed by atoms with E-state index in [1.165, 1.54) is 4.31 Å². The molecule has 68 heavy (non-hydrogen) atoms. The largest absolute Gasteiger partial charge is 0.508 e. The first-order valence-electron chi connectivity index (χ1n) is 23.6. The molecule has 4 atom stereocenters. The Kier molecular flexibility index (Phi) is 14.9. The highest BCUT2D eigenvalue weighted by Crippen LogP contribution is 2.44. The summed E-state index contributed by atoms with van der Waals surface area (Å²) >= 11 is 0. The SMILES string of the molecule is C=CS(=O)(=O)N1CC2(CCN(C(C(=O)NC(Cc3cc(O)cc(-c4ccc5c(c4)c(CC(C)(C)COC=O)c(-c4cccnc4C(C)OC)n5CC)c3)C(=O)N3CCC[C@@H](C)N3)C(C)C)C2=O)C1. The van der Waals surface area contributed by atoms with Gasteiger partial charge in [0.2, 0.25) is 21.8 Å². The number of carbonyl (C=O) groups excluding carboxylic acids is 4. The summed E-state index contributed by atoms with van der Waals surface area (Å²) in [7, 11) is -2.03. The molecule has 0 aliphatic carbocycles. The molecule has 366 valence electrons. The number of ether oxygens (including phenoxy) is 2.